The van der Waals surface area contributed by atoms with E-state index in [9.17, 15) is 14.4 Å². The zero-order valence-electron chi connectivity index (χ0n) is 37.6. The summed E-state index contributed by atoms with van der Waals surface area (Å²) in [6.45, 7) is 33.2. The van der Waals surface area contributed by atoms with Gasteiger partial charge in [0.25, 0.3) is 5.91 Å². The normalized spacial score (nSPS) is 21.9. The standard InChI is InChI=1S/C18H36N4O3.C16H28N2O3.C6H18N4.CH4/c1-13(14(23)21-18(6,7)15(24)20-12-11-19)25-22-16(2,3)9-8-10-17(22,4)5;1-11(12-17-16(6,7)13(19)20-12)21-18-14(2,3)9-8-10-15(18,4)5;7-1-4-10(5-2-8)6-3-9;/h13H,8-12,19H2,1-7H3,(H,20,24)(H,21,23);11H,8-10H2,1-7H3;1-9H2;1H4. The van der Waals surface area contributed by atoms with Crippen LogP contribution in [0.4, 0.5) is 0 Å². The van der Waals surface area contributed by atoms with Crippen LogP contribution in [-0.4, -0.2) is 137 Å². The van der Waals surface area contributed by atoms with Crippen molar-refractivity contribution in [1.82, 2.24) is 25.7 Å². The lowest BCUT2D eigenvalue weighted by atomic mass is 9.82. The smallest absolute Gasteiger partial charge is 0.340 e. The van der Waals surface area contributed by atoms with Crippen molar-refractivity contribution < 1.29 is 28.8 Å². The molecule has 3 rings (SSSR count). The summed E-state index contributed by atoms with van der Waals surface area (Å²) in [6, 6.07) is 0. The Labute approximate surface area is 346 Å². The van der Waals surface area contributed by atoms with Crippen LogP contribution in [0.3, 0.4) is 0 Å². The number of amides is 2. The van der Waals surface area contributed by atoms with Crippen LogP contribution in [0.25, 0.3) is 0 Å². The second kappa shape index (κ2) is 22.9. The van der Waals surface area contributed by atoms with Crippen molar-refractivity contribution >= 4 is 23.7 Å². The SMILES string of the molecule is C.CC(ON1C(C)(C)CCCC1(C)C)C(=O)NC(C)(C)C(=O)NCCN.CC(ON1C(C)(C)CCCC1(C)C)C1=NC(C)(C)C(=O)O1.NCCN(CCN)CCN. The van der Waals surface area contributed by atoms with Crippen LogP contribution in [0.5, 0.6) is 0 Å². The largest absolute Gasteiger partial charge is 0.407 e. The van der Waals surface area contributed by atoms with Crippen LogP contribution in [0.15, 0.2) is 4.99 Å². The molecule has 0 aliphatic carbocycles. The number of cyclic esters (lactones) is 1. The summed E-state index contributed by atoms with van der Waals surface area (Å²) in [5, 5.41) is 9.48. The first-order valence-corrected chi connectivity index (χ1v) is 20.5. The number of carbonyl (C=O) groups excluding carboxylic acids is 3. The molecule has 0 aromatic rings. The second-order valence-electron chi connectivity index (χ2n) is 18.8. The molecule has 2 unspecified atom stereocenters. The maximum atomic E-state index is 12.6. The lowest BCUT2D eigenvalue weighted by Crippen LogP contribution is -2.62. The summed E-state index contributed by atoms with van der Waals surface area (Å²) in [4.78, 5) is 55.2. The van der Waals surface area contributed by atoms with Gasteiger partial charge in [-0.1, -0.05) is 7.43 Å². The van der Waals surface area contributed by atoms with Gasteiger partial charge >= 0.3 is 5.97 Å². The van der Waals surface area contributed by atoms with Gasteiger partial charge in [-0.05, 0) is 135 Å². The molecule has 0 radical (unpaired) electrons. The third kappa shape index (κ3) is 16.7. The van der Waals surface area contributed by atoms with Gasteiger partial charge in [-0.2, -0.15) is 10.1 Å². The van der Waals surface area contributed by atoms with Gasteiger partial charge < -0.3 is 38.3 Å². The van der Waals surface area contributed by atoms with Gasteiger partial charge in [0.2, 0.25) is 11.8 Å². The number of hydroxylamine groups is 4. The minimum Gasteiger partial charge on any atom is -0.407 e. The molecule has 3 aliphatic rings. The summed E-state index contributed by atoms with van der Waals surface area (Å²) >= 11 is 0. The number of esters is 1. The van der Waals surface area contributed by atoms with Crippen molar-refractivity contribution in [2.24, 2.45) is 27.9 Å². The number of aliphatic imine (C=N–C) groups is 1. The average molecular weight is 815 g/mol. The van der Waals surface area contributed by atoms with Crippen molar-refractivity contribution in [3.05, 3.63) is 0 Å². The second-order valence-corrected chi connectivity index (χ2v) is 18.8. The van der Waals surface area contributed by atoms with Crippen molar-refractivity contribution in [1.29, 1.82) is 0 Å². The fourth-order valence-corrected chi connectivity index (χ4v) is 7.43. The zero-order valence-corrected chi connectivity index (χ0v) is 37.6. The number of ether oxygens (including phenoxy) is 1. The molecule has 0 bridgehead atoms. The minimum absolute atomic E-state index is 0. The van der Waals surface area contributed by atoms with Crippen LogP contribution in [0, 0.1) is 0 Å². The summed E-state index contributed by atoms with van der Waals surface area (Å²) in [5.41, 5.74) is 19.3. The number of rotatable bonds is 16. The molecule has 16 nitrogen and oxygen atoms in total. The molecule has 2 saturated heterocycles. The van der Waals surface area contributed by atoms with Gasteiger partial charge in [0, 0.05) is 74.5 Å². The Bertz CT molecular complexity index is 1240. The lowest BCUT2D eigenvalue weighted by molar-refractivity contribution is -0.296. The summed E-state index contributed by atoms with van der Waals surface area (Å²) in [5.74, 6) is -0.519. The van der Waals surface area contributed by atoms with Crippen molar-refractivity contribution in [2.75, 3.05) is 52.4 Å². The van der Waals surface area contributed by atoms with Gasteiger partial charge in [-0.3, -0.25) is 24.2 Å². The monoisotopic (exact) mass is 815 g/mol. The molecule has 3 aliphatic heterocycles. The molecule has 16 heteroatoms. The van der Waals surface area contributed by atoms with Gasteiger partial charge in [-0.15, -0.1) is 0 Å². The highest BCUT2D eigenvalue weighted by Crippen LogP contribution is 2.40. The van der Waals surface area contributed by atoms with Crippen molar-refractivity contribution in [3.63, 3.8) is 0 Å². The molecule has 0 saturated carbocycles. The first-order chi connectivity index (χ1) is 25.6. The Morgan fingerprint density at radius 1 is 0.772 bits per heavy atom. The zero-order chi connectivity index (χ0) is 43.3. The lowest BCUT2D eigenvalue weighted by Gasteiger charge is -2.52. The summed E-state index contributed by atoms with van der Waals surface area (Å²) in [6.07, 6.45) is 5.45. The van der Waals surface area contributed by atoms with E-state index in [0.717, 1.165) is 51.7 Å². The molecule has 2 amide bonds. The molecule has 0 aromatic carbocycles. The Hall–Kier alpha value is -2.28. The quantitative estimate of drug-likeness (QED) is 0.123. The number of hydrogen-bond acceptors (Lipinski definition) is 14. The predicted molar refractivity (Wildman–Crippen MR) is 231 cm³/mol. The van der Waals surface area contributed by atoms with Crippen LogP contribution in [0.2, 0.25) is 0 Å². The number of nitrogens with one attached hydrogen (secondary N) is 2. The molecule has 0 spiro atoms. The number of nitrogens with two attached hydrogens (primary N) is 4. The summed E-state index contributed by atoms with van der Waals surface area (Å²) in [7, 11) is 0. The van der Waals surface area contributed by atoms with Gasteiger partial charge in [0.1, 0.15) is 5.54 Å². The molecule has 57 heavy (non-hydrogen) atoms. The van der Waals surface area contributed by atoms with Crippen LogP contribution >= 0.6 is 0 Å². The van der Waals surface area contributed by atoms with E-state index in [1.807, 2.05) is 12.0 Å². The van der Waals surface area contributed by atoms with E-state index in [1.54, 1.807) is 34.6 Å². The minimum atomic E-state index is -1.03. The van der Waals surface area contributed by atoms with E-state index >= 15 is 0 Å². The van der Waals surface area contributed by atoms with Gasteiger partial charge in [0.15, 0.2) is 17.7 Å². The molecule has 10 N–H and O–H groups in total. The van der Waals surface area contributed by atoms with E-state index < -0.39 is 17.2 Å². The Morgan fingerprint density at radius 2 is 1.18 bits per heavy atom. The molecule has 0 aromatic heterocycles. The maximum Gasteiger partial charge on any atom is 0.340 e. The molecule has 336 valence electrons. The van der Waals surface area contributed by atoms with E-state index in [2.05, 4.69) is 81.0 Å². The molecule has 3 heterocycles. The fraction of sp³-hybridized carbons (Fsp3) is 0.902. The Kier molecular flexibility index (Phi) is 22.0. The van der Waals surface area contributed by atoms with E-state index in [4.69, 9.17) is 37.3 Å². The van der Waals surface area contributed by atoms with E-state index in [-0.39, 0.29) is 53.5 Å². The van der Waals surface area contributed by atoms with Gasteiger partial charge in [-0.25, -0.2) is 9.79 Å². The highest BCUT2D eigenvalue weighted by atomic mass is 16.7. The first kappa shape index (κ1) is 54.7. The third-order valence-corrected chi connectivity index (χ3v) is 10.5. The predicted octanol–water partition coefficient (Wildman–Crippen LogP) is 3.20. The van der Waals surface area contributed by atoms with Crippen molar-refractivity contribution in [3.8, 4) is 0 Å². The van der Waals surface area contributed by atoms with Crippen LogP contribution < -0.4 is 33.6 Å². The maximum absolute atomic E-state index is 12.6. The molecular formula is C41H86N10O6. The Morgan fingerprint density at radius 3 is 1.53 bits per heavy atom. The number of piperidine rings is 2. The first-order valence-electron chi connectivity index (χ1n) is 20.5. The van der Waals surface area contributed by atoms with Crippen molar-refractivity contribution in [2.45, 2.75) is 188 Å². The summed E-state index contributed by atoms with van der Waals surface area (Å²) < 4.78 is 5.28. The number of carbonyl (C=O) groups is 3. The highest BCUT2D eigenvalue weighted by molar-refractivity contribution is 6.01. The topological polar surface area (TPSA) is 229 Å². The van der Waals surface area contributed by atoms with Gasteiger partial charge in [0.05, 0.1) is 0 Å². The third-order valence-electron chi connectivity index (χ3n) is 10.5. The Balaban J connectivity index is 0.000000887. The highest BCUT2D eigenvalue weighted by Gasteiger charge is 2.46. The van der Waals surface area contributed by atoms with E-state index in [1.165, 1.54) is 6.42 Å². The fourth-order valence-electron chi connectivity index (χ4n) is 7.43. The molecular weight excluding hydrogens is 729 g/mol. The number of nitrogens with zero attached hydrogens (tertiary/aromatic N) is 4. The molecule has 2 fully saturated rings. The van der Waals surface area contributed by atoms with Crippen LogP contribution in [-0.2, 0) is 28.8 Å². The van der Waals surface area contributed by atoms with E-state index in [0.29, 0.717) is 38.6 Å². The average Bonchev–Trinajstić information content (AvgIpc) is 3.35. The number of hydrogen-bond donors (Lipinski definition) is 6. The van der Waals surface area contributed by atoms with Crippen LogP contribution in [0.1, 0.15) is 143 Å². The molecule has 2 atom stereocenters.